The Kier molecular flexibility index (Phi) is 3.17. The molecule has 0 bridgehead atoms. The van der Waals surface area contributed by atoms with E-state index in [-0.39, 0.29) is 0 Å². The number of nitrogen functional groups attached to an aromatic ring is 1. The van der Waals surface area contributed by atoms with E-state index in [0.29, 0.717) is 36.3 Å². The van der Waals surface area contributed by atoms with Gasteiger partial charge in [-0.3, -0.25) is 0 Å². The minimum Gasteiger partial charge on any atom is -0.491 e. The van der Waals surface area contributed by atoms with Gasteiger partial charge in [0.25, 0.3) is 0 Å². The maximum Gasteiger partial charge on any atom is 0.165 e. The van der Waals surface area contributed by atoms with Gasteiger partial charge < -0.3 is 19.9 Å². The summed E-state index contributed by atoms with van der Waals surface area (Å²) < 4.78 is 16.8. The summed E-state index contributed by atoms with van der Waals surface area (Å²) >= 11 is 0. The highest BCUT2D eigenvalue weighted by Crippen LogP contribution is 2.38. The minimum atomic E-state index is 0.578. The van der Waals surface area contributed by atoms with E-state index >= 15 is 0 Å². The van der Waals surface area contributed by atoms with Gasteiger partial charge in [-0.25, -0.2) is 0 Å². The number of rotatable bonds is 3. The average Bonchev–Trinajstić information content (AvgIpc) is 2.89. The second kappa shape index (κ2) is 4.96. The highest BCUT2D eigenvalue weighted by molar-refractivity contribution is 5.62. The lowest BCUT2D eigenvalue weighted by Crippen LogP contribution is -2.16. The number of anilines is 1. The maximum absolute atomic E-state index is 5.97. The Hall–Kier alpha value is -1.58. The second-order valence-electron chi connectivity index (χ2n) is 5.00. The van der Waals surface area contributed by atoms with Crippen molar-refractivity contribution < 1.29 is 14.2 Å². The summed E-state index contributed by atoms with van der Waals surface area (Å²) in [6, 6.07) is 3.64. The quantitative estimate of drug-likeness (QED) is 0.837. The van der Waals surface area contributed by atoms with Crippen LogP contribution in [0.2, 0.25) is 0 Å². The Morgan fingerprint density at radius 3 is 2.50 bits per heavy atom. The summed E-state index contributed by atoms with van der Waals surface area (Å²) in [6.45, 7) is 1.91. The molecule has 0 aromatic heterocycles. The van der Waals surface area contributed by atoms with E-state index in [9.17, 15) is 0 Å². The van der Waals surface area contributed by atoms with Crippen LogP contribution in [0.1, 0.15) is 25.7 Å². The molecule has 0 saturated heterocycles. The highest BCUT2D eigenvalue weighted by atomic mass is 16.6. The molecule has 98 valence electrons. The molecule has 4 nitrogen and oxygen atoms in total. The van der Waals surface area contributed by atoms with Crippen LogP contribution in [-0.2, 0) is 0 Å². The van der Waals surface area contributed by atoms with Gasteiger partial charge in [0.15, 0.2) is 11.5 Å². The molecule has 1 aliphatic carbocycles. The predicted molar refractivity (Wildman–Crippen MR) is 69.3 cm³/mol. The molecule has 0 radical (unpaired) electrons. The molecule has 1 heterocycles. The standard InChI is InChI=1S/C14H19NO3/c15-11-7-13-14(17-6-5-16-13)8-12(11)18-9-10-3-1-2-4-10/h7-8,10H,1-6,9,15H2. The number of fused-ring (bicyclic) bond motifs is 1. The summed E-state index contributed by atoms with van der Waals surface area (Å²) in [4.78, 5) is 0. The van der Waals surface area contributed by atoms with Crippen molar-refractivity contribution in [2.45, 2.75) is 25.7 Å². The van der Waals surface area contributed by atoms with E-state index in [1.165, 1.54) is 25.7 Å². The Labute approximate surface area is 107 Å². The number of nitrogens with two attached hydrogens (primary N) is 1. The molecule has 2 N–H and O–H groups in total. The number of hydrogen-bond acceptors (Lipinski definition) is 4. The van der Waals surface area contributed by atoms with Crippen molar-refractivity contribution in [1.82, 2.24) is 0 Å². The van der Waals surface area contributed by atoms with Gasteiger partial charge in [0.1, 0.15) is 19.0 Å². The molecule has 0 unspecified atom stereocenters. The van der Waals surface area contributed by atoms with E-state index in [4.69, 9.17) is 19.9 Å². The molecule has 3 rings (SSSR count). The molecule has 1 saturated carbocycles. The Morgan fingerprint density at radius 2 is 1.78 bits per heavy atom. The fourth-order valence-electron chi connectivity index (χ4n) is 2.60. The topological polar surface area (TPSA) is 53.7 Å². The van der Waals surface area contributed by atoms with Crippen LogP contribution in [0.4, 0.5) is 5.69 Å². The molecule has 1 aliphatic heterocycles. The van der Waals surface area contributed by atoms with Crippen molar-refractivity contribution in [1.29, 1.82) is 0 Å². The van der Waals surface area contributed by atoms with Crippen LogP contribution in [-0.4, -0.2) is 19.8 Å². The van der Waals surface area contributed by atoms with Gasteiger partial charge in [0.05, 0.1) is 12.3 Å². The summed E-state index contributed by atoms with van der Waals surface area (Å²) in [5, 5.41) is 0. The summed E-state index contributed by atoms with van der Waals surface area (Å²) in [5.74, 6) is 2.84. The SMILES string of the molecule is Nc1cc2c(cc1OCC1CCCC1)OCCO2. The lowest BCUT2D eigenvalue weighted by atomic mass is 10.1. The minimum absolute atomic E-state index is 0.578. The molecule has 0 atom stereocenters. The normalized spacial score (nSPS) is 18.9. The van der Waals surface area contributed by atoms with Crippen LogP contribution in [0.25, 0.3) is 0 Å². The van der Waals surface area contributed by atoms with Gasteiger partial charge in [0.2, 0.25) is 0 Å². The number of hydrogen-bond donors (Lipinski definition) is 1. The maximum atomic E-state index is 5.97. The Balaban J connectivity index is 1.70. The first-order valence-electron chi connectivity index (χ1n) is 6.65. The first-order chi connectivity index (χ1) is 8.83. The molecule has 0 spiro atoms. The van der Waals surface area contributed by atoms with Crippen LogP contribution >= 0.6 is 0 Å². The molecule has 0 amide bonds. The fraction of sp³-hybridized carbons (Fsp3) is 0.571. The zero-order valence-corrected chi connectivity index (χ0v) is 10.5. The summed E-state index contributed by atoms with van der Waals surface area (Å²) in [7, 11) is 0. The third kappa shape index (κ3) is 2.33. The molecule has 1 fully saturated rings. The highest BCUT2D eigenvalue weighted by Gasteiger charge is 2.18. The van der Waals surface area contributed by atoms with E-state index in [1.54, 1.807) is 6.07 Å². The zero-order valence-electron chi connectivity index (χ0n) is 10.5. The Morgan fingerprint density at radius 1 is 1.11 bits per heavy atom. The molecule has 1 aromatic rings. The van der Waals surface area contributed by atoms with Crippen LogP contribution < -0.4 is 19.9 Å². The lowest BCUT2D eigenvalue weighted by Gasteiger charge is -2.20. The van der Waals surface area contributed by atoms with Crippen molar-refractivity contribution in [3.05, 3.63) is 12.1 Å². The predicted octanol–water partition coefficient (Wildman–Crippen LogP) is 2.61. The van der Waals surface area contributed by atoms with Gasteiger partial charge in [-0.05, 0) is 18.8 Å². The summed E-state index contributed by atoms with van der Waals surface area (Å²) in [5.41, 5.74) is 6.59. The van der Waals surface area contributed by atoms with E-state index < -0.39 is 0 Å². The zero-order chi connectivity index (χ0) is 12.4. The van der Waals surface area contributed by atoms with Crippen molar-refractivity contribution in [3.63, 3.8) is 0 Å². The van der Waals surface area contributed by atoms with Crippen molar-refractivity contribution >= 4 is 5.69 Å². The van der Waals surface area contributed by atoms with E-state index in [0.717, 1.165) is 12.4 Å². The Bertz CT molecular complexity index is 427. The molecule has 4 heteroatoms. The molecule has 2 aliphatic rings. The largest absolute Gasteiger partial charge is 0.491 e. The van der Waals surface area contributed by atoms with Gasteiger partial charge in [0, 0.05) is 12.1 Å². The second-order valence-corrected chi connectivity index (χ2v) is 5.00. The van der Waals surface area contributed by atoms with E-state index in [2.05, 4.69) is 0 Å². The average molecular weight is 249 g/mol. The van der Waals surface area contributed by atoms with Crippen molar-refractivity contribution in [2.24, 2.45) is 5.92 Å². The third-order valence-corrected chi connectivity index (χ3v) is 3.62. The van der Waals surface area contributed by atoms with Crippen molar-refractivity contribution in [3.8, 4) is 17.2 Å². The van der Waals surface area contributed by atoms with Crippen LogP contribution in [0.15, 0.2) is 12.1 Å². The third-order valence-electron chi connectivity index (χ3n) is 3.62. The van der Waals surface area contributed by atoms with Gasteiger partial charge in [-0.2, -0.15) is 0 Å². The smallest absolute Gasteiger partial charge is 0.165 e. The van der Waals surface area contributed by atoms with Gasteiger partial charge in [-0.1, -0.05) is 12.8 Å². The first-order valence-corrected chi connectivity index (χ1v) is 6.65. The fourth-order valence-corrected chi connectivity index (χ4v) is 2.60. The number of benzene rings is 1. The first kappa shape index (κ1) is 11.5. The van der Waals surface area contributed by atoms with Gasteiger partial charge in [-0.15, -0.1) is 0 Å². The molecule has 18 heavy (non-hydrogen) atoms. The lowest BCUT2D eigenvalue weighted by molar-refractivity contribution is 0.170. The van der Waals surface area contributed by atoms with Crippen molar-refractivity contribution in [2.75, 3.05) is 25.6 Å². The molecular formula is C14H19NO3. The van der Waals surface area contributed by atoms with Crippen LogP contribution in [0.5, 0.6) is 17.2 Å². The van der Waals surface area contributed by atoms with Crippen LogP contribution in [0, 0.1) is 5.92 Å². The summed E-state index contributed by atoms with van der Waals surface area (Å²) in [6.07, 6.45) is 5.18. The number of ether oxygens (including phenoxy) is 3. The van der Waals surface area contributed by atoms with E-state index in [1.807, 2.05) is 6.07 Å². The molecular weight excluding hydrogens is 230 g/mol. The monoisotopic (exact) mass is 249 g/mol. The van der Waals surface area contributed by atoms with Gasteiger partial charge >= 0.3 is 0 Å². The molecule has 1 aromatic carbocycles. The van der Waals surface area contributed by atoms with Crippen LogP contribution in [0.3, 0.4) is 0 Å².